The van der Waals surface area contributed by atoms with Crippen LogP contribution in [0.5, 0.6) is 0 Å². The van der Waals surface area contributed by atoms with E-state index in [1.165, 1.54) is 6.42 Å². The van der Waals surface area contributed by atoms with E-state index in [1.54, 1.807) is 0 Å². The SMILES string of the molecule is CN(C)[C@H]1CCN(c2ccc(B3OCC(C)(C)CO3)cn2)C1. The summed E-state index contributed by atoms with van der Waals surface area (Å²) >= 11 is 0. The third-order valence-electron chi connectivity index (χ3n) is 4.51. The molecule has 120 valence electrons. The van der Waals surface area contributed by atoms with Crippen LogP contribution in [0.3, 0.4) is 0 Å². The number of rotatable bonds is 3. The predicted molar refractivity (Wildman–Crippen MR) is 89.6 cm³/mol. The van der Waals surface area contributed by atoms with Crippen molar-refractivity contribution in [2.45, 2.75) is 26.3 Å². The standard InChI is InChI=1S/C16H26BN3O2/c1-16(2)11-21-17(22-12-16)13-5-6-15(18-9-13)20-8-7-14(10-20)19(3)4/h5-6,9,14H,7-8,10-12H2,1-4H3/t14-/m0/s1. The molecule has 0 aromatic carbocycles. The zero-order chi connectivity index (χ0) is 15.7. The first kappa shape index (κ1) is 15.8. The minimum absolute atomic E-state index is 0.0978. The summed E-state index contributed by atoms with van der Waals surface area (Å²) in [6.07, 6.45) is 3.08. The maximum Gasteiger partial charge on any atom is 0.495 e. The number of anilines is 1. The largest absolute Gasteiger partial charge is 0.495 e. The highest BCUT2D eigenvalue weighted by atomic mass is 16.6. The number of pyridine rings is 1. The number of hydrogen-bond donors (Lipinski definition) is 0. The Kier molecular flexibility index (Phi) is 4.43. The summed E-state index contributed by atoms with van der Waals surface area (Å²) in [6.45, 7) is 7.86. The molecule has 2 saturated heterocycles. The molecule has 0 unspecified atom stereocenters. The third-order valence-corrected chi connectivity index (χ3v) is 4.51. The van der Waals surface area contributed by atoms with Gasteiger partial charge in [0.1, 0.15) is 5.82 Å². The van der Waals surface area contributed by atoms with E-state index in [9.17, 15) is 0 Å². The molecule has 6 heteroatoms. The topological polar surface area (TPSA) is 37.8 Å². The highest BCUT2D eigenvalue weighted by Gasteiger charge is 2.33. The second-order valence-electron chi connectivity index (χ2n) is 7.42. The number of aromatic nitrogens is 1. The van der Waals surface area contributed by atoms with E-state index in [0.29, 0.717) is 6.04 Å². The molecule has 3 rings (SSSR count). The summed E-state index contributed by atoms with van der Waals surface area (Å²) < 4.78 is 11.6. The van der Waals surface area contributed by atoms with Gasteiger partial charge in [-0.05, 0) is 26.6 Å². The molecule has 0 saturated carbocycles. The van der Waals surface area contributed by atoms with E-state index in [-0.39, 0.29) is 12.5 Å². The minimum Gasteiger partial charge on any atom is -0.407 e. The molecule has 5 nitrogen and oxygen atoms in total. The zero-order valence-electron chi connectivity index (χ0n) is 14.1. The van der Waals surface area contributed by atoms with Gasteiger partial charge in [0.25, 0.3) is 0 Å². The Morgan fingerprint density at radius 2 is 2.00 bits per heavy atom. The number of nitrogens with zero attached hydrogens (tertiary/aromatic N) is 3. The monoisotopic (exact) mass is 303 g/mol. The van der Waals surface area contributed by atoms with Gasteiger partial charge < -0.3 is 19.1 Å². The normalized spacial score (nSPS) is 25.0. The van der Waals surface area contributed by atoms with Crippen molar-refractivity contribution in [1.29, 1.82) is 0 Å². The lowest BCUT2D eigenvalue weighted by atomic mass is 9.77. The lowest BCUT2D eigenvalue weighted by Gasteiger charge is -2.33. The first-order valence-corrected chi connectivity index (χ1v) is 8.05. The Morgan fingerprint density at radius 3 is 2.55 bits per heavy atom. The van der Waals surface area contributed by atoms with Gasteiger partial charge in [0, 0.05) is 49.4 Å². The van der Waals surface area contributed by atoms with Gasteiger partial charge >= 0.3 is 7.12 Å². The van der Waals surface area contributed by atoms with Crippen molar-refractivity contribution >= 4 is 18.4 Å². The van der Waals surface area contributed by atoms with Crippen LogP contribution in [0.15, 0.2) is 18.3 Å². The fourth-order valence-corrected chi connectivity index (χ4v) is 2.98. The second-order valence-corrected chi connectivity index (χ2v) is 7.42. The van der Waals surface area contributed by atoms with Crippen molar-refractivity contribution < 1.29 is 9.31 Å². The fraction of sp³-hybridized carbons (Fsp3) is 0.688. The van der Waals surface area contributed by atoms with Crippen LogP contribution in [0.4, 0.5) is 5.82 Å². The summed E-state index contributed by atoms with van der Waals surface area (Å²) in [5.41, 5.74) is 1.10. The first-order valence-electron chi connectivity index (χ1n) is 8.05. The first-order chi connectivity index (χ1) is 10.4. The Hall–Kier alpha value is -1.11. The molecule has 0 bridgehead atoms. The van der Waals surface area contributed by atoms with E-state index < -0.39 is 0 Å². The van der Waals surface area contributed by atoms with Crippen LogP contribution in [-0.4, -0.2) is 63.4 Å². The molecule has 0 aliphatic carbocycles. The van der Waals surface area contributed by atoms with Crippen molar-refractivity contribution in [1.82, 2.24) is 9.88 Å². The maximum atomic E-state index is 5.81. The summed E-state index contributed by atoms with van der Waals surface area (Å²) in [5, 5.41) is 0. The zero-order valence-corrected chi connectivity index (χ0v) is 14.1. The number of hydrogen-bond acceptors (Lipinski definition) is 5. The van der Waals surface area contributed by atoms with Crippen LogP contribution in [-0.2, 0) is 9.31 Å². The Bertz CT molecular complexity index is 476. The maximum absolute atomic E-state index is 5.81. The quantitative estimate of drug-likeness (QED) is 0.779. The van der Waals surface area contributed by atoms with Crippen LogP contribution >= 0.6 is 0 Å². The van der Waals surface area contributed by atoms with Crippen LogP contribution in [0, 0.1) is 5.41 Å². The van der Waals surface area contributed by atoms with Gasteiger partial charge in [-0.25, -0.2) is 4.98 Å². The molecule has 1 atom stereocenters. The molecular weight excluding hydrogens is 277 g/mol. The average molecular weight is 303 g/mol. The second kappa shape index (κ2) is 6.18. The Labute approximate surface area is 133 Å². The molecule has 22 heavy (non-hydrogen) atoms. The lowest BCUT2D eigenvalue weighted by Crippen LogP contribution is -2.47. The molecule has 2 aliphatic heterocycles. The highest BCUT2D eigenvalue weighted by Crippen LogP contribution is 2.22. The van der Waals surface area contributed by atoms with Gasteiger partial charge in [-0.2, -0.15) is 0 Å². The van der Waals surface area contributed by atoms with Crippen LogP contribution < -0.4 is 10.4 Å². The molecule has 0 radical (unpaired) electrons. The van der Waals surface area contributed by atoms with E-state index >= 15 is 0 Å². The van der Waals surface area contributed by atoms with Crippen LogP contribution in [0.2, 0.25) is 0 Å². The molecule has 0 amide bonds. The van der Waals surface area contributed by atoms with E-state index in [1.807, 2.05) is 6.20 Å². The fourth-order valence-electron chi connectivity index (χ4n) is 2.98. The predicted octanol–water partition coefficient (Wildman–Crippen LogP) is 0.990. The molecular formula is C16H26BN3O2. The average Bonchev–Trinajstić information content (AvgIpc) is 2.97. The van der Waals surface area contributed by atoms with Crippen molar-refractivity contribution in [2.75, 3.05) is 45.3 Å². The van der Waals surface area contributed by atoms with E-state index in [4.69, 9.17) is 9.31 Å². The summed E-state index contributed by atoms with van der Waals surface area (Å²) in [6, 6.07) is 4.78. The number of likely N-dealkylation sites (N-methyl/N-ethyl adjacent to an activating group) is 1. The molecule has 2 aliphatic rings. The highest BCUT2D eigenvalue weighted by molar-refractivity contribution is 6.61. The smallest absolute Gasteiger partial charge is 0.407 e. The third kappa shape index (κ3) is 3.45. The molecule has 0 spiro atoms. The molecule has 0 N–H and O–H groups in total. The van der Waals surface area contributed by atoms with Crippen molar-refractivity contribution in [3.05, 3.63) is 18.3 Å². The Balaban J connectivity index is 1.62. The van der Waals surface area contributed by atoms with Gasteiger partial charge in [0.15, 0.2) is 0 Å². The van der Waals surface area contributed by atoms with Gasteiger partial charge in [-0.1, -0.05) is 19.9 Å². The lowest BCUT2D eigenvalue weighted by molar-refractivity contribution is 0.0343. The van der Waals surface area contributed by atoms with Gasteiger partial charge in [-0.15, -0.1) is 0 Å². The molecule has 1 aromatic rings. The van der Waals surface area contributed by atoms with Crippen molar-refractivity contribution in [2.24, 2.45) is 5.41 Å². The van der Waals surface area contributed by atoms with E-state index in [0.717, 1.165) is 37.6 Å². The van der Waals surface area contributed by atoms with Crippen LogP contribution in [0.25, 0.3) is 0 Å². The van der Waals surface area contributed by atoms with Crippen molar-refractivity contribution in [3.63, 3.8) is 0 Å². The van der Waals surface area contributed by atoms with Gasteiger partial charge in [0.05, 0.1) is 0 Å². The molecule has 3 heterocycles. The van der Waals surface area contributed by atoms with Gasteiger partial charge in [0.2, 0.25) is 0 Å². The summed E-state index contributed by atoms with van der Waals surface area (Å²) in [7, 11) is 4.01. The van der Waals surface area contributed by atoms with Crippen LogP contribution in [0.1, 0.15) is 20.3 Å². The molecule has 2 fully saturated rings. The molecule has 1 aromatic heterocycles. The Morgan fingerprint density at radius 1 is 1.27 bits per heavy atom. The van der Waals surface area contributed by atoms with Gasteiger partial charge in [-0.3, -0.25) is 0 Å². The van der Waals surface area contributed by atoms with Crippen molar-refractivity contribution in [3.8, 4) is 0 Å². The minimum atomic E-state index is -0.275. The van der Waals surface area contributed by atoms with E-state index in [2.05, 4.69) is 54.9 Å². The summed E-state index contributed by atoms with van der Waals surface area (Å²) in [5.74, 6) is 1.05. The summed E-state index contributed by atoms with van der Waals surface area (Å²) in [4.78, 5) is 9.25.